The number of carbonyl (C=O) groups is 1. The van der Waals surface area contributed by atoms with Gasteiger partial charge in [0.15, 0.2) is 0 Å². The van der Waals surface area contributed by atoms with E-state index in [2.05, 4.69) is 24.9 Å². The Kier molecular flexibility index (Phi) is 17.7. The predicted molar refractivity (Wildman–Crippen MR) is 141 cm³/mol. The zero-order valence-corrected chi connectivity index (χ0v) is 22.1. The molecule has 3 N–H and O–H groups in total. The Morgan fingerprint density at radius 2 is 1.57 bits per heavy atom. The van der Waals surface area contributed by atoms with Gasteiger partial charge >= 0.3 is 6.18 Å². The van der Waals surface area contributed by atoms with Crippen LogP contribution >= 0.6 is 0 Å². The lowest BCUT2D eigenvalue weighted by atomic mass is 9.69. The van der Waals surface area contributed by atoms with E-state index in [1.54, 1.807) is 6.07 Å². The van der Waals surface area contributed by atoms with Gasteiger partial charge < -0.3 is 11.1 Å². The molecule has 6 heteroatoms. The minimum Gasteiger partial charge on any atom is -0.372 e. The summed E-state index contributed by atoms with van der Waals surface area (Å²) < 4.78 is 39.4. The van der Waals surface area contributed by atoms with E-state index < -0.39 is 11.7 Å². The van der Waals surface area contributed by atoms with E-state index in [1.165, 1.54) is 18.6 Å². The molecule has 0 aromatic heterocycles. The molecule has 1 aliphatic carbocycles. The van der Waals surface area contributed by atoms with Gasteiger partial charge in [0.2, 0.25) is 6.41 Å². The first-order chi connectivity index (χ1) is 16.8. The van der Waals surface area contributed by atoms with Crippen molar-refractivity contribution in [2.24, 2.45) is 17.6 Å². The third-order valence-corrected chi connectivity index (χ3v) is 6.16. The topological polar surface area (TPSA) is 55.1 Å². The molecular weight excluding hydrogens is 449 g/mol. The second kappa shape index (κ2) is 18.9. The second-order valence-electron chi connectivity index (χ2n) is 8.52. The Labute approximate surface area is 210 Å². The summed E-state index contributed by atoms with van der Waals surface area (Å²) in [6, 6.07) is 16.3. The van der Waals surface area contributed by atoms with Crippen LogP contribution in [0.1, 0.15) is 82.4 Å². The summed E-state index contributed by atoms with van der Waals surface area (Å²) in [6.45, 7) is 12.3. The van der Waals surface area contributed by atoms with E-state index in [1.807, 2.05) is 57.2 Å². The maximum Gasteiger partial charge on any atom is 0.416 e. The number of nitrogens with two attached hydrogens (primary N) is 1. The summed E-state index contributed by atoms with van der Waals surface area (Å²) >= 11 is 0. The van der Waals surface area contributed by atoms with Crippen LogP contribution in [0.4, 0.5) is 13.2 Å². The predicted octanol–water partition coefficient (Wildman–Crippen LogP) is 7.74. The number of rotatable bonds is 6. The average Bonchev–Trinajstić information content (AvgIpc) is 2.87. The van der Waals surface area contributed by atoms with Gasteiger partial charge in [0.05, 0.1) is 5.56 Å². The van der Waals surface area contributed by atoms with Crippen molar-refractivity contribution < 1.29 is 18.0 Å². The van der Waals surface area contributed by atoms with Crippen molar-refractivity contribution in [3.05, 3.63) is 71.3 Å². The first-order valence-corrected chi connectivity index (χ1v) is 12.8. The average molecular weight is 495 g/mol. The minimum absolute atomic E-state index is 0.250. The fourth-order valence-corrected chi connectivity index (χ4v) is 4.46. The molecule has 3 nitrogen and oxygen atoms in total. The third kappa shape index (κ3) is 12.8. The van der Waals surface area contributed by atoms with E-state index in [9.17, 15) is 13.2 Å². The van der Waals surface area contributed by atoms with Crippen LogP contribution < -0.4 is 11.1 Å². The molecule has 0 radical (unpaired) electrons. The number of amides is 1. The Morgan fingerprint density at radius 1 is 1.03 bits per heavy atom. The molecule has 3 atom stereocenters. The SMILES string of the molecule is CC.CCCNCC1CCC(CC)C(c2cc(C(F)(F)F)ccc2C)C1.NC=O.c1ccccc1. The maximum absolute atomic E-state index is 13.1. The molecule has 1 amide bonds. The van der Waals surface area contributed by atoms with Crippen molar-refractivity contribution in [1.82, 2.24) is 5.32 Å². The summed E-state index contributed by atoms with van der Waals surface area (Å²) in [7, 11) is 0. The van der Waals surface area contributed by atoms with Gasteiger partial charge in [-0.15, -0.1) is 0 Å². The van der Waals surface area contributed by atoms with Crippen LogP contribution in [-0.4, -0.2) is 19.5 Å². The van der Waals surface area contributed by atoms with Gasteiger partial charge in [-0.05, 0) is 86.7 Å². The highest BCUT2D eigenvalue weighted by atomic mass is 19.4. The molecule has 198 valence electrons. The Morgan fingerprint density at radius 3 is 2.03 bits per heavy atom. The highest BCUT2D eigenvalue weighted by Crippen LogP contribution is 2.44. The molecule has 0 spiro atoms. The molecular formula is C29H45F3N2O. The van der Waals surface area contributed by atoms with E-state index >= 15 is 0 Å². The van der Waals surface area contributed by atoms with Crippen LogP contribution in [0.3, 0.4) is 0 Å². The summed E-state index contributed by atoms with van der Waals surface area (Å²) in [5.41, 5.74) is 5.56. The zero-order valence-electron chi connectivity index (χ0n) is 22.1. The smallest absolute Gasteiger partial charge is 0.372 e. The first-order valence-electron chi connectivity index (χ1n) is 12.8. The summed E-state index contributed by atoms with van der Waals surface area (Å²) in [6.07, 6.45) is 1.44. The highest BCUT2D eigenvalue weighted by molar-refractivity contribution is 5.42. The molecule has 0 heterocycles. The van der Waals surface area contributed by atoms with Gasteiger partial charge in [0.25, 0.3) is 0 Å². The molecule has 3 unspecified atom stereocenters. The number of carbonyl (C=O) groups excluding carboxylic acids is 1. The van der Waals surface area contributed by atoms with E-state index in [0.29, 0.717) is 11.8 Å². The number of aryl methyl sites for hydroxylation is 1. The lowest BCUT2D eigenvalue weighted by Gasteiger charge is -2.37. The van der Waals surface area contributed by atoms with Crippen LogP contribution in [0.2, 0.25) is 0 Å². The van der Waals surface area contributed by atoms with Crippen LogP contribution in [0, 0.1) is 18.8 Å². The summed E-state index contributed by atoms with van der Waals surface area (Å²) in [4.78, 5) is 8.58. The molecule has 0 aliphatic heterocycles. The second-order valence-corrected chi connectivity index (χ2v) is 8.52. The fourth-order valence-electron chi connectivity index (χ4n) is 4.46. The van der Waals surface area contributed by atoms with Crippen molar-refractivity contribution in [2.75, 3.05) is 13.1 Å². The van der Waals surface area contributed by atoms with E-state index in [0.717, 1.165) is 49.9 Å². The molecule has 1 aliphatic rings. The van der Waals surface area contributed by atoms with Crippen molar-refractivity contribution in [3.8, 4) is 0 Å². The van der Waals surface area contributed by atoms with Crippen molar-refractivity contribution in [3.63, 3.8) is 0 Å². The Balaban J connectivity index is 0.000000875. The molecule has 0 bridgehead atoms. The number of alkyl halides is 3. The quantitative estimate of drug-likeness (QED) is 0.319. The molecule has 2 aromatic rings. The van der Waals surface area contributed by atoms with E-state index in [-0.39, 0.29) is 12.3 Å². The van der Waals surface area contributed by atoms with Crippen molar-refractivity contribution >= 4 is 6.41 Å². The van der Waals surface area contributed by atoms with Crippen molar-refractivity contribution in [1.29, 1.82) is 0 Å². The molecule has 2 aromatic carbocycles. The molecule has 3 rings (SSSR count). The molecule has 1 saturated carbocycles. The van der Waals surface area contributed by atoms with E-state index in [4.69, 9.17) is 4.79 Å². The van der Waals surface area contributed by atoms with Crippen LogP contribution in [0.25, 0.3) is 0 Å². The van der Waals surface area contributed by atoms with Gasteiger partial charge in [-0.1, -0.05) is 76.6 Å². The van der Waals surface area contributed by atoms with Gasteiger partial charge in [-0.3, -0.25) is 4.79 Å². The Bertz CT molecular complexity index is 753. The monoisotopic (exact) mass is 494 g/mol. The number of hydrogen-bond acceptors (Lipinski definition) is 2. The van der Waals surface area contributed by atoms with Crippen LogP contribution in [-0.2, 0) is 11.0 Å². The van der Waals surface area contributed by atoms with Crippen LogP contribution in [0.15, 0.2) is 54.6 Å². The number of nitrogens with one attached hydrogen (secondary N) is 1. The minimum atomic E-state index is -4.26. The normalized spacial score (nSPS) is 19.0. The zero-order chi connectivity index (χ0) is 26.7. The third-order valence-electron chi connectivity index (χ3n) is 6.16. The van der Waals surface area contributed by atoms with Gasteiger partial charge in [0.1, 0.15) is 0 Å². The first kappa shape index (κ1) is 32.7. The highest BCUT2D eigenvalue weighted by Gasteiger charge is 2.35. The van der Waals surface area contributed by atoms with Gasteiger partial charge in [-0.2, -0.15) is 13.2 Å². The number of hydrogen-bond donors (Lipinski definition) is 2. The van der Waals surface area contributed by atoms with Crippen LogP contribution in [0.5, 0.6) is 0 Å². The van der Waals surface area contributed by atoms with Gasteiger partial charge in [-0.25, -0.2) is 0 Å². The van der Waals surface area contributed by atoms with Gasteiger partial charge in [0, 0.05) is 0 Å². The number of primary amides is 1. The number of halogens is 3. The number of benzene rings is 2. The molecule has 1 fully saturated rings. The maximum atomic E-state index is 13.1. The standard InChI is InChI=1S/C20H30F3N.C6H6.C2H6.CH3NO/c1-4-10-24-13-15-7-8-16(5-2)19(11-15)18-12-17(20(21,22)23)9-6-14(18)3;1-2-4-6-5-3-1;1-2;2-1-3/h6,9,12,15-16,19,24H,4-5,7-8,10-11,13H2,1-3H3;1-6H;1-2H3;1H,(H2,2,3). The summed E-state index contributed by atoms with van der Waals surface area (Å²) in [5.74, 6) is 1.31. The van der Waals surface area contributed by atoms with Crippen molar-refractivity contribution in [2.45, 2.75) is 78.8 Å². The molecule has 0 saturated heterocycles. The lowest BCUT2D eigenvalue weighted by Crippen LogP contribution is -2.31. The largest absolute Gasteiger partial charge is 0.416 e. The lowest BCUT2D eigenvalue weighted by molar-refractivity contribution is -0.137. The summed E-state index contributed by atoms with van der Waals surface area (Å²) in [5, 5.41) is 3.48. The Hall–Kier alpha value is -2.34. The molecule has 35 heavy (non-hydrogen) atoms. The fraction of sp³-hybridized carbons (Fsp3) is 0.552.